The minimum absolute atomic E-state index is 0.0499. The fourth-order valence-electron chi connectivity index (χ4n) is 1.10. The molecular formula is C14H18N2OS. The zero-order chi connectivity index (χ0) is 13.8. The number of thiazole rings is 1. The summed E-state index contributed by atoms with van der Waals surface area (Å²) in [6, 6.07) is 0. The highest BCUT2D eigenvalue weighted by molar-refractivity contribution is 7.16. The first-order chi connectivity index (χ1) is 8.38. The number of allylic oxidation sites excluding steroid dienone is 2. The van der Waals surface area contributed by atoms with E-state index in [9.17, 15) is 4.79 Å². The van der Waals surface area contributed by atoms with E-state index >= 15 is 0 Å². The van der Waals surface area contributed by atoms with E-state index in [0.717, 1.165) is 10.6 Å². The second kappa shape index (κ2) is 5.78. The van der Waals surface area contributed by atoms with Crippen LogP contribution in [0.15, 0.2) is 25.3 Å². The fraction of sp³-hybridized carbons (Fsp3) is 0.286. The third-order valence-electron chi connectivity index (χ3n) is 2.16. The minimum atomic E-state index is -0.433. The van der Waals surface area contributed by atoms with E-state index in [1.54, 1.807) is 12.2 Å². The van der Waals surface area contributed by atoms with Crippen molar-refractivity contribution in [3.05, 3.63) is 35.9 Å². The van der Waals surface area contributed by atoms with Gasteiger partial charge in [-0.1, -0.05) is 57.4 Å². The SMILES string of the molecule is C=C/C=C\c1sc(NC(=O)C(C)(C)C)nc1C=C. The summed E-state index contributed by atoms with van der Waals surface area (Å²) < 4.78 is 0. The number of nitrogens with zero attached hydrogens (tertiary/aromatic N) is 1. The second-order valence-electron chi connectivity index (χ2n) is 4.77. The maximum Gasteiger partial charge on any atom is 0.231 e. The lowest BCUT2D eigenvalue weighted by Gasteiger charge is -2.15. The molecule has 0 saturated heterocycles. The molecule has 1 aromatic rings. The van der Waals surface area contributed by atoms with Crippen LogP contribution in [0.1, 0.15) is 31.3 Å². The Bertz CT molecular complexity index is 492. The van der Waals surface area contributed by atoms with E-state index in [1.807, 2.05) is 32.9 Å². The van der Waals surface area contributed by atoms with Crippen molar-refractivity contribution < 1.29 is 4.79 Å². The summed E-state index contributed by atoms with van der Waals surface area (Å²) in [6.07, 6.45) is 7.09. The summed E-state index contributed by atoms with van der Waals surface area (Å²) in [5, 5.41) is 3.41. The molecule has 1 aromatic heterocycles. The van der Waals surface area contributed by atoms with Crippen LogP contribution in [0.2, 0.25) is 0 Å². The zero-order valence-corrected chi connectivity index (χ0v) is 11.8. The third-order valence-corrected chi connectivity index (χ3v) is 3.11. The Balaban J connectivity index is 2.95. The van der Waals surface area contributed by atoms with E-state index in [-0.39, 0.29) is 5.91 Å². The Hall–Kier alpha value is -1.68. The highest BCUT2D eigenvalue weighted by atomic mass is 32.1. The molecule has 18 heavy (non-hydrogen) atoms. The van der Waals surface area contributed by atoms with Crippen LogP contribution in [0.3, 0.4) is 0 Å². The summed E-state index contributed by atoms with van der Waals surface area (Å²) in [6.45, 7) is 12.9. The molecule has 1 rings (SSSR count). The van der Waals surface area contributed by atoms with Gasteiger partial charge in [-0.3, -0.25) is 4.79 Å². The molecular weight excluding hydrogens is 244 g/mol. The number of rotatable bonds is 4. The second-order valence-corrected chi connectivity index (χ2v) is 5.80. The van der Waals surface area contributed by atoms with E-state index in [0.29, 0.717) is 5.13 Å². The molecule has 1 N–H and O–H groups in total. The van der Waals surface area contributed by atoms with Crippen LogP contribution in [0.5, 0.6) is 0 Å². The average Bonchev–Trinajstić information content (AvgIpc) is 2.67. The molecule has 0 radical (unpaired) electrons. The van der Waals surface area contributed by atoms with Crippen LogP contribution >= 0.6 is 11.3 Å². The summed E-state index contributed by atoms with van der Waals surface area (Å²) in [7, 11) is 0. The first kappa shape index (κ1) is 14.4. The number of anilines is 1. The summed E-state index contributed by atoms with van der Waals surface area (Å²) in [5.74, 6) is -0.0499. The number of carbonyl (C=O) groups excluding carboxylic acids is 1. The Morgan fingerprint density at radius 1 is 1.39 bits per heavy atom. The van der Waals surface area contributed by atoms with Crippen molar-refractivity contribution in [2.24, 2.45) is 5.41 Å². The van der Waals surface area contributed by atoms with Crippen LogP contribution in [-0.4, -0.2) is 10.9 Å². The Morgan fingerprint density at radius 2 is 2.06 bits per heavy atom. The van der Waals surface area contributed by atoms with Crippen molar-refractivity contribution in [1.82, 2.24) is 4.98 Å². The maximum atomic E-state index is 11.9. The predicted octanol–water partition coefficient (Wildman–Crippen LogP) is 3.97. The first-order valence-electron chi connectivity index (χ1n) is 5.62. The van der Waals surface area contributed by atoms with Gasteiger partial charge in [0.05, 0.1) is 10.6 Å². The van der Waals surface area contributed by atoms with Gasteiger partial charge in [0.1, 0.15) is 0 Å². The molecule has 96 valence electrons. The van der Waals surface area contributed by atoms with Gasteiger partial charge in [0, 0.05) is 5.41 Å². The van der Waals surface area contributed by atoms with Crippen LogP contribution < -0.4 is 5.32 Å². The molecule has 0 aromatic carbocycles. The van der Waals surface area contributed by atoms with E-state index in [2.05, 4.69) is 23.5 Å². The van der Waals surface area contributed by atoms with Gasteiger partial charge in [0.15, 0.2) is 5.13 Å². The lowest BCUT2D eigenvalue weighted by Crippen LogP contribution is -2.27. The topological polar surface area (TPSA) is 42.0 Å². The van der Waals surface area contributed by atoms with Gasteiger partial charge in [0.25, 0.3) is 0 Å². The number of carbonyl (C=O) groups is 1. The number of hydrogen-bond donors (Lipinski definition) is 1. The van der Waals surface area contributed by atoms with Gasteiger partial charge >= 0.3 is 0 Å². The highest BCUT2D eigenvalue weighted by Gasteiger charge is 2.22. The molecule has 0 fully saturated rings. The minimum Gasteiger partial charge on any atom is -0.301 e. The highest BCUT2D eigenvalue weighted by Crippen LogP contribution is 2.27. The molecule has 0 aliphatic heterocycles. The zero-order valence-electron chi connectivity index (χ0n) is 11.0. The molecule has 0 unspecified atom stereocenters. The van der Waals surface area contributed by atoms with Crippen molar-refractivity contribution in [3.8, 4) is 0 Å². The lowest BCUT2D eigenvalue weighted by molar-refractivity contribution is -0.123. The number of amides is 1. The molecule has 3 nitrogen and oxygen atoms in total. The van der Waals surface area contributed by atoms with Crippen LogP contribution in [0.4, 0.5) is 5.13 Å². The summed E-state index contributed by atoms with van der Waals surface area (Å²) in [4.78, 5) is 17.1. The van der Waals surface area contributed by atoms with Crippen LogP contribution in [0.25, 0.3) is 12.2 Å². The molecule has 0 saturated carbocycles. The van der Waals surface area contributed by atoms with Gasteiger partial charge in [-0.2, -0.15) is 0 Å². The quantitative estimate of drug-likeness (QED) is 0.834. The predicted molar refractivity (Wildman–Crippen MR) is 79.5 cm³/mol. The van der Waals surface area contributed by atoms with Crippen LogP contribution in [-0.2, 0) is 4.79 Å². The molecule has 1 heterocycles. The molecule has 0 spiro atoms. The Kier molecular flexibility index (Phi) is 4.62. The molecule has 1 amide bonds. The monoisotopic (exact) mass is 262 g/mol. The first-order valence-corrected chi connectivity index (χ1v) is 6.44. The maximum absolute atomic E-state index is 11.9. The summed E-state index contributed by atoms with van der Waals surface area (Å²) >= 11 is 1.42. The number of aromatic nitrogens is 1. The standard InChI is InChI=1S/C14H18N2OS/c1-6-8-9-11-10(7-2)15-13(18-11)16-12(17)14(3,4)5/h6-9H,1-2H2,3-5H3,(H,15,16,17)/b9-8-. The van der Waals surface area contributed by atoms with Crippen molar-refractivity contribution >= 4 is 34.5 Å². The Morgan fingerprint density at radius 3 is 2.56 bits per heavy atom. The molecule has 0 atom stereocenters. The molecule has 0 aliphatic rings. The summed E-state index contributed by atoms with van der Waals surface area (Å²) in [5.41, 5.74) is 0.333. The largest absolute Gasteiger partial charge is 0.301 e. The van der Waals surface area contributed by atoms with Crippen molar-refractivity contribution in [2.75, 3.05) is 5.32 Å². The molecule has 4 heteroatoms. The molecule has 0 bridgehead atoms. The van der Waals surface area contributed by atoms with Gasteiger partial charge in [-0.25, -0.2) is 4.98 Å². The third kappa shape index (κ3) is 3.67. The van der Waals surface area contributed by atoms with Gasteiger partial charge in [0.2, 0.25) is 5.91 Å². The molecule has 0 aliphatic carbocycles. The van der Waals surface area contributed by atoms with Gasteiger partial charge in [-0.05, 0) is 12.2 Å². The smallest absolute Gasteiger partial charge is 0.231 e. The Labute approximate surface area is 112 Å². The van der Waals surface area contributed by atoms with E-state index in [1.165, 1.54) is 11.3 Å². The normalized spacial score (nSPS) is 11.5. The van der Waals surface area contributed by atoms with Gasteiger partial charge in [-0.15, -0.1) is 0 Å². The average molecular weight is 262 g/mol. The fourth-order valence-corrected chi connectivity index (χ4v) is 1.98. The van der Waals surface area contributed by atoms with Crippen molar-refractivity contribution in [3.63, 3.8) is 0 Å². The van der Waals surface area contributed by atoms with Gasteiger partial charge < -0.3 is 5.32 Å². The van der Waals surface area contributed by atoms with Crippen molar-refractivity contribution in [1.29, 1.82) is 0 Å². The van der Waals surface area contributed by atoms with E-state index < -0.39 is 5.41 Å². The number of nitrogens with one attached hydrogen (secondary N) is 1. The van der Waals surface area contributed by atoms with Crippen LogP contribution in [0, 0.1) is 5.41 Å². The number of hydrogen-bond acceptors (Lipinski definition) is 3. The van der Waals surface area contributed by atoms with Crippen molar-refractivity contribution in [2.45, 2.75) is 20.8 Å². The van der Waals surface area contributed by atoms with E-state index in [4.69, 9.17) is 0 Å². The lowest BCUT2D eigenvalue weighted by atomic mass is 9.96.